The number of allylic oxidation sites excluding steroid dienone is 2. The maximum atomic E-state index is 11.9. The van der Waals surface area contributed by atoms with Gasteiger partial charge in [-0.05, 0) is 27.7 Å². The van der Waals surface area contributed by atoms with Crippen LogP contribution < -0.4 is 0 Å². The number of ether oxygens (including phenoxy) is 4. The molecule has 0 unspecified atom stereocenters. The molecule has 6 heteroatoms. The van der Waals surface area contributed by atoms with Crippen molar-refractivity contribution in [2.24, 2.45) is 0 Å². The summed E-state index contributed by atoms with van der Waals surface area (Å²) in [5.74, 6) is -0.869. The highest BCUT2D eigenvalue weighted by Gasteiger charge is 2.50. The first kappa shape index (κ1) is 15.4. The van der Waals surface area contributed by atoms with Gasteiger partial charge in [-0.1, -0.05) is 0 Å². The van der Waals surface area contributed by atoms with Gasteiger partial charge in [-0.3, -0.25) is 0 Å². The van der Waals surface area contributed by atoms with Crippen molar-refractivity contribution >= 4 is 11.9 Å². The molecule has 1 spiro atoms. The first-order chi connectivity index (χ1) is 9.92. The van der Waals surface area contributed by atoms with Crippen molar-refractivity contribution < 1.29 is 28.5 Å². The van der Waals surface area contributed by atoms with Crippen LogP contribution >= 0.6 is 0 Å². The van der Waals surface area contributed by atoms with Crippen LogP contribution in [0, 0.1) is 0 Å². The molecule has 0 amide bonds. The number of carbonyl (C=O) groups excluding carboxylic acids is 2. The van der Waals surface area contributed by atoms with Crippen molar-refractivity contribution in [3.8, 4) is 0 Å². The number of hydrogen-bond acceptors (Lipinski definition) is 6. The Hall–Kier alpha value is -1.98. The fourth-order valence-corrected chi connectivity index (χ4v) is 2.56. The zero-order valence-corrected chi connectivity index (χ0v) is 12.8. The van der Waals surface area contributed by atoms with Gasteiger partial charge in [0, 0.05) is 0 Å². The molecule has 2 rings (SSSR count). The summed E-state index contributed by atoms with van der Waals surface area (Å²) >= 11 is 0. The lowest BCUT2D eigenvalue weighted by molar-refractivity contribution is -0.161. The van der Waals surface area contributed by atoms with Crippen molar-refractivity contribution in [3.05, 3.63) is 22.7 Å². The Labute approximate surface area is 123 Å². The van der Waals surface area contributed by atoms with Crippen LogP contribution in [0.15, 0.2) is 22.7 Å². The predicted molar refractivity (Wildman–Crippen MR) is 72.8 cm³/mol. The van der Waals surface area contributed by atoms with Gasteiger partial charge in [0.2, 0.25) is 0 Å². The van der Waals surface area contributed by atoms with Crippen LogP contribution in [0.2, 0.25) is 0 Å². The molecule has 2 heterocycles. The molecule has 0 atom stereocenters. The maximum absolute atomic E-state index is 11.9. The van der Waals surface area contributed by atoms with E-state index in [0.717, 1.165) is 0 Å². The van der Waals surface area contributed by atoms with E-state index >= 15 is 0 Å². The summed E-state index contributed by atoms with van der Waals surface area (Å²) in [5.41, 5.74) is 0.907. The molecule has 0 saturated carbocycles. The highest BCUT2D eigenvalue weighted by molar-refractivity contribution is 5.91. The molecule has 0 aromatic carbocycles. The second kappa shape index (κ2) is 5.79. The quantitative estimate of drug-likeness (QED) is 0.741. The van der Waals surface area contributed by atoms with Crippen LogP contribution in [0.1, 0.15) is 40.5 Å². The molecular formula is C15H20O6. The highest BCUT2D eigenvalue weighted by Crippen LogP contribution is 2.46. The number of hydrogen-bond donors (Lipinski definition) is 0. The van der Waals surface area contributed by atoms with Crippen molar-refractivity contribution in [2.75, 3.05) is 13.2 Å². The molecular weight excluding hydrogens is 276 g/mol. The second-order valence-corrected chi connectivity index (χ2v) is 4.98. The van der Waals surface area contributed by atoms with Crippen molar-refractivity contribution in [1.29, 1.82) is 0 Å². The molecule has 0 bridgehead atoms. The molecule has 2 aliphatic heterocycles. The van der Waals surface area contributed by atoms with E-state index in [1.54, 1.807) is 27.7 Å². The summed E-state index contributed by atoms with van der Waals surface area (Å²) in [6.07, 6.45) is 0.524. The lowest BCUT2D eigenvalue weighted by Crippen LogP contribution is -2.29. The Morgan fingerprint density at radius 3 is 1.67 bits per heavy atom. The zero-order chi connectivity index (χ0) is 15.6. The Bertz CT molecular complexity index is 480. The maximum Gasteiger partial charge on any atom is 0.337 e. The lowest BCUT2D eigenvalue weighted by Gasteiger charge is -2.24. The average Bonchev–Trinajstić information content (AvgIpc) is 2.90. The number of carbonyl (C=O) groups is 2. The monoisotopic (exact) mass is 296 g/mol. The third-order valence-corrected chi connectivity index (χ3v) is 3.46. The topological polar surface area (TPSA) is 71.1 Å². The van der Waals surface area contributed by atoms with E-state index in [9.17, 15) is 9.59 Å². The van der Waals surface area contributed by atoms with Crippen molar-refractivity contribution in [3.63, 3.8) is 0 Å². The summed E-state index contributed by atoms with van der Waals surface area (Å²) in [4.78, 5) is 23.7. The first-order valence-corrected chi connectivity index (χ1v) is 7.04. The average molecular weight is 296 g/mol. The van der Waals surface area contributed by atoms with Gasteiger partial charge in [0.25, 0.3) is 5.79 Å². The van der Waals surface area contributed by atoms with E-state index in [0.29, 0.717) is 35.9 Å². The number of rotatable bonds is 4. The van der Waals surface area contributed by atoms with Gasteiger partial charge in [-0.25, -0.2) is 9.59 Å². The van der Waals surface area contributed by atoms with Crippen molar-refractivity contribution in [2.45, 2.75) is 46.3 Å². The molecule has 0 aromatic heterocycles. The van der Waals surface area contributed by atoms with E-state index in [1.807, 2.05) is 0 Å². The van der Waals surface area contributed by atoms with Crippen LogP contribution in [-0.4, -0.2) is 30.9 Å². The third kappa shape index (κ3) is 2.89. The third-order valence-electron chi connectivity index (χ3n) is 3.46. The minimum absolute atomic E-state index is 0.262. The molecule has 0 saturated heterocycles. The minimum atomic E-state index is -1.02. The number of esters is 2. The van der Waals surface area contributed by atoms with E-state index in [2.05, 4.69) is 0 Å². The Kier molecular flexibility index (Phi) is 4.25. The summed E-state index contributed by atoms with van der Waals surface area (Å²) < 4.78 is 21.5. The van der Waals surface area contributed by atoms with Gasteiger partial charge in [0.1, 0.15) is 11.5 Å². The summed E-state index contributed by atoms with van der Waals surface area (Å²) in [7, 11) is 0. The van der Waals surface area contributed by atoms with Gasteiger partial charge < -0.3 is 18.9 Å². The highest BCUT2D eigenvalue weighted by atomic mass is 16.7. The van der Waals surface area contributed by atoms with E-state index in [1.165, 1.54) is 0 Å². The normalized spacial score (nSPS) is 19.6. The van der Waals surface area contributed by atoms with Gasteiger partial charge in [0.15, 0.2) is 0 Å². The predicted octanol–water partition coefficient (Wildman–Crippen LogP) is 2.20. The zero-order valence-electron chi connectivity index (χ0n) is 12.8. The Morgan fingerprint density at radius 1 is 0.952 bits per heavy atom. The van der Waals surface area contributed by atoms with Crippen LogP contribution in [-0.2, 0) is 28.5 Å². The lowest BCUT2D eigenvalue weighted by atomic mass is 10.0. The minimum Gasteiger partial charge on any atom is -0.463 e. The van der Waals surface area contributed by atoms with Crippen LogP contribution in [0.5, 0.6) is 0 Å². The molecule has 0 fully saturated rings. The van der Waals surface area contributed by atoms with Crippen LogP contribution in [0.25, 0.3) is 0 Å². The van der Waals surface area contributed by atoms with E-state index in [-0.39, 0.29) is 12.8 Å². The molecule has 0 radical (unpaired) electrons. The van der Waals surface area contributed by atoms with Gasteiger partial charge in [0.05, 0.1) is 37.2 Å². The molecule has 0 aromatic rings. The van der Waals surface area contributed by atoms with Crippen LogP contribution in [0.4, 0.5) is 0 Å². The fraction of sp³-hybridized carbons (Fsp3) is 0.600. The Balaban J connectivity index is 2.10. The first-order valence-electron chi connectivity index (χ1n) is 7.04. The van der Waals surface area contributed by atoms with Crippen LogP contribution in [0.3, 0.4) is 0 Å². The largest absolute Gasteiger partial charge is 0.463 e. The van der Waals surface area contributed by atoms with E-state index < -0.39 is 17.7 Å². The molecule has 116 valence electrons. The SMILES string of the molecule is CCOC(=O)C1=C(C)OC2(C1)CC(C(=O)OCC)=C(C)O2. The van der Waals surface area contributed by atoms with Gasteiger partial charge in [-0.2, -0.15) is 0 Å². The smallest absolute Gasteiger partial charge is 0.337 e. The summed E-state index contributed by atoms with van der Waals surface area (Å²) in [5, 5.41) is 0. The van der Waals surface area contributed by atoms with Gasteiger partial charge in [-0.15, -0.1) is 0 Å². The Morgan fingerprint density at radius 2 is 1.33 bits per heavy atom. The standard InChI is InChI=1S/C15H20O6/c1-5-18-13(16)11-7-15(20-9(11)3)8-12(10(4)21-15)14(17)19-6-2/h5-8H2,1-4H3. The molecule has 6 nitrogen and oxygen atoms in total. The fourth-order valence-electron chi connectivity index (χ4n) is 2.56. The van der Waals surface area contributed by atoms with Crippen molar-refractivity contribution in [1.82, 2.24) is 0 Å². The molecule has 21 heavy (non-hydrogen) atoms. The molecule has 2 aliphatic rings. The van der Waals surface area contributed by atoms with E-state index in [4.69, 9.17) is 18.9 Å². The molecule has 0 aliphatic carbocycles. The van der Waals surface area contributed by atoms with Gasteiger partial charge >= 0.3 is 11.9 Å². The second-order valence-electron chi connectivity index (χ2n) is 4.98. The molecule has 0 N–H and O–H groups in total. The summed E-state index contributed by atoms with van der Waals surface area (Å²) in [6.45, 7) is 7.49. The summed E-state index contributed by atoms with van der Waals surface area (Å²) in [6, 6.07) is 0.